The second-order valence-corrected chi connectivity index (χ2v) is 3.46. The monoisotopic (exact) mass is 215 g/mol. The van der Waals surface area contributed by atoms with Crippen LogP contribution in [0.3, 0.4) is 0 Å². The summed E-state index contributed by atoms with van der Waals surface area (Å²) >= 11 is 11.7. The Kier molecular flexibility index (Phi) is 2.14. The highest BCUT2D eigenvalue weighted by atomic mass is 35.5. The molecule has 0 saturated heterocycles. The van der Waals surface area contributed by atoms with Gasteiger partial charge in [-0.2, -0.15) is 5.10 Å². The van der Waals surface area contributed by atoms with Gasteiger partial charge in [-0.15, -0.1) is 0 Å². The SMILES string of the molecule is CCc1cn2nc(Cl)cc(Cl)c2n1. The van der Waals surface area contributed by atoms with Gasteiger partial charge in [0.2, 0.25) is 0 Å². The number of nitrogens with zero attached hydrogens (tertiary/aromatic N) is 3. The lowest BCUT2D eigenvalue weighted by Gasteiger charge is -1.94. The van der Waals surface area contributed by atoms with Gasteiger partial charge in [0, 0.05) is 0 Å². The lowest BCUT2D eigenvalue weighted by molar-refractivity contribution is 0.932. The molecular weight excluding hydrogens is 209 g/mol. The molecule has 68 valence electrons. The predicted octanol–water partition coefficient (Wildman–Crippen LogP) is 2.60. The van der Waals surface area contributed by atoms with E-state index in [-0.39, 0.29) is 0 Å². The molecule has 0 amide bonds. The van der Waals surface area contributed by atoms with Crippen LogP contribution < -0.4 is 0 Å². The minimum Gasteiger partial charge on any atom is -0.231 e. The van der Waals surface area contributed by atoms with E-state index in [1.165, 1.54) is 0 Å². The molecule has 0 aromatic carbocycles. The molecule has 2 heterocycles. The summed E-state index contributed by atoms with van der Waals surface area (Å²) in [6, 6.07) is 1.59. The smallest absolute Gasteiger partial charge is 0.172 e. The van der Waals surface area contributed by atoms with Crippen molar-refractivity contribution < 1.29 is 0 Å². The van der Waals surface area contributed by atoms with E-state index in [4.69, 9.17) is 23.2 Å². The quantitative estimate of drug-likeness (QED) is 0.733. The van der Waals surface area contributed by atoms with Crippen molar-refractivity contribution in [3.63, 3.8) is 0 Å². The van der Waals surface area contributed by atoms with Gasteiger partial charge >= 0.3 is 0 Å². The van der Waals surface area contributed by atoms with Crippen molar-refractivity contribution in [3.8, 4) is 0 Å². The van der Waals surface area contributed by atoms with E-state index in [1.807, 2.05) is 13.1 Å². The van der Waals surface area contributed by atoms with Crippen LogP contribution in [0, 0.1) is 0 Å². The molecular formula is C8H7Cl2N3. The molecule has 0 saturated carbocycles. The van der Waals surface area contributed by atoms with E-state index in [2.05, 4.69) is 10.1 Å². The molecule has 0 radical (unpaired) electrons. The average Bonchev–Trinajstić information content (AvgIpc) is 2.47. The summed E-state index contributed by atoms with van der Waals surface area (Å²) in [5.74, 6) is 0. The Labute approximate surface area is 85.3 Å². The van der Waals surface area contributed by atoms with Crippen LogP contribution >= 0.6 is 23.2 Å². The molecule has 0 aliphatic heterocycles. The highest BCUT2D eigenvalue weighted by molar-refractivity contribution is 6.35. The van der Waals surface area contributed by atoms with E-state index in [0.717, 1.165) is 12.1 Å². The first-order valence-electron chi connectivity index (χ1n) is 3.91. The Morgan fingerprint density at radius 1 is 1.46 bits per heavy atom. The summed E-state index contributed by atoms with van der Waals surface area (Å²) in [7, 11) is 0. The van der Waals surface area contributed by atoms with Crippen molar-refractivity contribution in [3.05, 3.63) is 28.1 Å². The Morgan fingerprint density at radius 2 is 2.23 bits per heavy atom. The number of hydrogen-bond acceptors (Lipinski definition) is 2. The van der Waals surface area contributed by atoms with Crippen molar-refractivity contribution in [2.75, 3.05) is 0 Å². The van der Waals surface area contributed by atoms with Gasteiger partial charge < -0.3 is 0 Å². The molecule has 0 N–H and O–H groups in total. The lowest BCUT2D eigenvalue weighted by Crippen LogP contribution is -1.90. The fourth-order valence-electron chi connectivity index (χ4n) is 1.13. The number of imidazole rings is 1. The molecule has 2 aromatic rings. The molecule has 0 aliphatic rings. The van der Waals surface area contributed by atoms with Crippen LogP contribution in [0.5, 0.6) is 0 Å². The summed E-state index contributed by atoms with van der Waals surface area (Å²) in [5, 5.41) is 4.94. The normalized spacial score (nSPS) is 11.0. The topological polar surface area (TPSA) is 30.2 Å². The van der Waals surface area contributed by atoms with Crippen LogP contribution in [0.4, 0.5) is 0 Å². The van der Waals surface area contributed by atoms with Gasteiger partial charge in [-0.05, 0) is 12.5 Å². The maximum absolute atomic E-state index is 5.92. The van der Waals surface area contributed by atoms with Gasteiger partial charge in [-0.25, -0.2) is 9.50 Å². The van der Waals surface area contributed by atoms with Gasteiger partial charge in [0.15, 0.2) is 10.8 Å². The molecule has 2 rings (SSSR count). The third kappa shape index (κ3) is 1.49. The first-order chi connectivity index (χ1) is 6.20. The average molecular weight is 216 g/mol. The Bertz CT molecular complexity index is 450. The van der Waals surface area contributed by atoms with Gasteiger partial charge in [0.25, 0.3) is 0 Å². The van der Waals surface area contributed by atoms with Gasteiger partial charge in [0.1, 0.15) is 0 Å². The molecule has 13 heavy (non-hydrogen) atoms. The van der Waals surface area contributed by atoms with Crippen molar-refractivity contribution >= 4 is 28.8 Å². The van der Waals surface area contributed by atoms with Crippen molar-refractivity contribution in [1.29, 1.82) is 0 Å². The van der Waals surface area contributed by atoms with Crippen LogP contribution in [0.2, 0.25) is 10.2 Å². The number of hydrogen-bond donors (Lipinski definition) is 0. The minimum absolute atomic E-state index is 0.373. The van der Waals surface area contributed by atoms with Gasteiger partial charge in [0.05, 0.1) is 16.9 Å². The van der Waals surface area contributed by atoms with Crippen molar-refractivity contribution in [1.82, 2.24) is 14.6 Å². The molecule has 0 spiro atoms. The van der Waals surface area contributed by atoms with Crippen molar-refractivity contribution in [2.45, 2.75) is 13.3 Å². The van der Waals surface area contributed by atoms with Crippen molar-refractivity contribution in [2.24, 2.45) is 0 Å². The number of halogens is 2. The number of rotatable bonds is 1. The summed E-state index contributed by atoms with van der Waals surface area (Å²) in [6.07, 6.45) is 2.68. The molecule has 0 bridgehead atoms. The lowest BCUT2D eigenvalue weighted by atomic mass is 10.4. The first-order valence-corrected chi connectivity index (χ1v) is 4.66. The molecule has 0 aliphatic carbocycles. The maximum Gasteiger partial charge on any atom is 0.172 e. The summed E-state index contributed by atoms with van der Waals surface area (Å²) in [5.41, 5.74) is 1.61. The highest BCUT2D eigenvalue weighted by Crippen LogP contribution is 2.19. The molecule has 0 unspecified atom stereocenters. The molecule has 0 fully saturated rings. The number of fused-ring (bicyclic) bond motifs is 1. The fraction of sp³-hybridized carbons (Fsp3) is 0.250. The van der Waals surface area contributed by atoms with Crippen LogP contribution in [0.15, 0.2) is 12.3 Å². The predicted molar refractivity (Wildman–Crippen MR) is 52.4 cm³/mol. The standard InChI is InChI=1S/C8H7Cl2N3/c1-2-5-4-13-8(11-5)6(9)3-7(10)12-13/h3-4H,2H2,1H3. The van der Waals surface area contributed by atoms with Gasteiger partial charge in [-0.3, -0.25) is 0 Å². The third-order valence-electron chi connectivity index (χ3n) is 1.76. The number of aryl methyl sites for hydroxylation is 1. The summed E-state index contributed by atoms with van der Waals surface area (Å²) in [6.45, 7) is 2.03. The first kappa shape index (κ1) is 8.78. The van der Waals surface area contributed by atoms with E-state index in [1.54, 1.807) is 10.6 Å². The van der Waals surface area contributed by atoms with Gasteiger partial charge in [-0.1, -0.05) is 30.1 Å². The highest BCUT2D eigenvalue weighted by Gasteiger charge is 2.06. The number of aromatic nitrogens is 3. The molecule has 5 heteroatoms. The maximum atomic E-state index is 5.92. The summed E-state index contributed by atoms with van der Waals surface area (Å²) < 4.78 is 1.60. The Balaban J connectivity index is 2.75. The minimum atomic E-state index is 0.373. The van der Waals surface area contributed by atoms with E-state index >= 15 is 0 Å². The summed E-state index contributed by atoms with van der Waals surface area (Å²) in [4.78, 5) is 4.28. The van der Waals surface area contributed by atoms with Crippen LogP contribution in [-0.4, -0.2) is 14.6 Å². The zero-order chi connectivity index (χ0) is 9.42. The Morgan fingerprint density at radius 3 is 2.92 bits per heavy atom. The largest absolute Gasteiger partial charge is 0.231 e. The fourth-order valence-corrected chi connectivity index (χ4v) is 1.61. The van der Waals surface area contributed by atoms with E-state index in [9.17, 15) is 0 Å². The van der Waals surface area contributed by atoms with E-state index < -0.39 is 0 Å². The van der Waals surface area contributed by atoms with E-state index in [0.29, 0.717) is 15.8 Å². The zero-order valence-electron chi connectivity index (χ0n) is 6.96. The molecule has 3 nitrogen and oxygen atoms in total. The second kappa shape index (κ2) is 3.16. The van der Waals surface area contributed by atoms with Crippen LogP contribution in [-0.2, 0) is 6.42 Å². The van der Waals surface area contributed by atoms with Crippen LogP contribution in [0.1, 0.15) is 12.6 Å². The molecule has 2 aromatic heterocycles. The Hall–Kier alpha value is -0.800. The second-order valence-electron chi connectivity index (χ2n) is 2.67. The zero-order valence-corrected chi connectivity index (χ0v) is 8.47. The molecule has 0 atom stereocenters. The van der Waals surface area contributed by atoms with Crippen LogP contribution in [0.25, 0.3) is 5.65 Å². The third-order valence-corrected chi connectivity index (χ3v) is 2.23.